The smallest absolute Gasteiger partial charge is 0.241 e. The Morgan fingerprint density at radius 3 is 2.41 bits per heavy atom. The van der Waals surface area contributed by atoms with Crippen molar-refractivity contribution in [1.29, 1.82) is 0 Å². The highest BCUT2D eigenvalue weighted by Gasteiger charge is 2.53. The lowest BCUT2D eigenvalue weighted by atomic mass is 9.94. The third-order valence-electron chi connectivity index (χ3n) is 6.61. The van der Waals surface area contributed by atoms with Crippen molar-refractivity contribution in [3.05, 3.63) is 30.1 Å². The number of carbonyl (C=O) groups is 1. The van der Waals surface area contributed by atoms with Crippen LogP contribution in [0.4, 0.5) is 10.1 Å². The van der Waals surface area contributed by atoms with E-state index in [1.807, 2.05) is 0 Å². The predicted octanol–water partition coefficient (Wildman–Crippen LogP) is 3.96. The van der Waals surface area contributed by atoms with E-state index in [-0.39, 0.29) is 29.5 Å². The van der Waals surface area contributed by atoms with Gasteiger partial charge in [-0.15, -0.1) is 0 Å². The highest BCUT2D eigenvalue weighted by molar-refractivity contribution is 7.80. The molecule has 3 rings (SSSR count). The van der Waals surface area contributed by atoms with Crippen LogP contribution < -0.4 is 10.6 Å². The van der Waals surface area contributed by atoms with Crippen LogP contribution in [0.2, 0.25) is 0 Å². The third kappa shape index (κ3) is 4.40. The van der Waals surface area contributed by atoms with E-state index in [0.717, 1.165) is 44.5 Å². The molecule has 0 aliphatic carbocycles. The van der Waals surface area contributed by atoms with Gasteiger partial charge in [0.25, 0.3) is 0 Å². The largest absolute Gasteiger partial charge is 0.349 e. The van der Waals surface area contributed by atoms with Crippen LogP contribution in [-0.2, 0) is 4.79 Å². The summed E-state index contributed by atoms with van der Waals surface area (Å²) in [6, 6.07) is 6.31. The summed E-state index contributed by atoms with van der Waals surface area (Å²) in [7, 11) is 0. The Labute approximate surface area is 179 Å². The summed E-state index contributed by atoms with van der Waals surface area (Å²) in [5, 5.41) is 7.57. The van der Waals surface area contributed by atoms with Gasteiger partial charge in [0.05, 0.1) is 11.7 Å². The monoisotopic (exact) mass is 420 g/mol. The lowest BCUT2D eigenvalue weighted by molar-refractivity contribution is -0.136. The first-order valence-corrected chi connectivity index (χ1v) is 11.1. The normalized spacial score (nSPS) is 23.3. The maximum atomic E-state index is 13.2. The van der Waals surface area contributed by atoms with Crippen LogP contribution in [0, 0.1) is 11.7 Å². The first kappa shape index (κ1) is 22.0. The van der Waals surface area contributed by atoms with Gasteiger partial charge < -0.3 is 15.1 Å². The minimum absolute atomic E-state index is 0.107. The average molecular weight is 421 g/mol. The number of halogens is 1. The van der Waals surface area contributed by atoms with Crippen molar-refractivity contribution < 1.29 is 9.18 Å². The minimum atomic E-state index is -0.289. The van der Waals surface area contributed by atoms with Crippen LogP contribution in [0.3, 0.4) is 0 Å². The quantitative estimate of drug-likeness (QED) is 0.706. The molecule has 1 aromatic carbocycles. The lowest BCUT2D eigenvalue weighted by Gasteiger charge is -2.47. The van der Waals surface area contributed by atoms with Gasteiger partial charge in [0.1, 0.15) is 5.82 Å². The van der Waals surface area contributed by atoms with E-state index >= 15 is 0 Å². The predicted molar refractivity (Wildman–Crippen MR) is 119 cm³/mol. The van der Waals surface area contributed by atoms with Crippen molar-refractivity contribution in [2.75, 3.05) is 18.4 Å². The van der Waals surface area contributed by atoms with Gasteiger partial charge in [0, 0.05) is 37.7 Å². The van der Waals surface area contributed by atoms with Crippen LogP contribution in [0.5, 0.6) is 0 Å². The summed E-state index contributed by atoms with van der Waals surface area (Å²) < 4.78 is 13.1. The first-order valence-electron chi connectivity index (χ1n) is 10.7. The summed E-state index contributed by atoms with van der Waals surface area (Å²) in [5.41, 5.74) is 0.492. The molecule has 0 saturated carbocycles. The van der Waals surface area contributed by atoms with E-state index in [9.17, 15) is 9.18 Å². The molecule has 7 heteroatoms. The zero-order valence-electron chi connectivity index (χ0n) is 17.9. The molecule has 2 fully saturated rings. The number of likely N-dealkylation sites (tertiary alicyclic amines) is 1. The van der Waals surface area contributed by atoms with Crippen LogP contribution in [0.1, 0.15) is 53.4 Å². The van der Waals surface area contributed by atoms with Gasteiger partial charge in [-0.3, -0.25) is 10.1 Å². The van der Waals surface area contributed by atoms with Crippen molar-refractivity contribution >= 4 is 28.9 Å². The summed E-state index contributed by atoms with van der Waals surface area (Å²) in [5.74, 6) is 0.293. The first-order chi connectivity index (χ1) is 13.8. The zero-order chi connectivity index (χ0) is 21.2. The fourth-order valence-corrected chi connectivity index (χ4v) is 4.73. The molecular weight excluding hydrogens is 387 g/mol. The average Bonchev–Trinajstić information content (AvgIpc) is 3.00. The molecule has 1 aromatic rings. The Kier molecular flexibility index (Phi) is 6.79. The van der Waals surface area contributed by atoms with E-state index in [4.69, 9.17) is 12.2 Å². The van der Waals surface area contributed by atoms with E-state index in [1.54, 1.807) is 12.1 Å². The Morgan fingerprint density at radius 2 is 1.86 bits per heavy atom. The van der Waals surface area contributed by atoms with Gasteiger partial charge in [0.15, 0.2) is 5.11 Å². The number of hydrogen-bond acceptors (Lipinski definition) is 3. The third-order valence-corrected chi connectivity index (χ3v) is 6.97. The highest BCUT2D eigenvalue weighted by atomic mass is 32.1. The number of rotatable bonds is 5. The van der Waals surface area contributed by atoms with Crippen molar-refractivity contribution in [3.63, 3.8) is 0 Å². The van der Waals surface area contributed by atoms with Crippen LogP contribution >= 0.6 is 12.2 Å². The molecule has 2 saturated heterocycles. The summed E-state index contributed by atoms with van der Waals surface area (Å²) in [6.45, 7) is 10.1. The molecule has 29 heavy (non-hydrogen) atoms. The van der Waals surface area contributed by atoms with Crippen LogP contribution in [0.25, 0.3) is 0 Å². The van der Waals surface area contributed by atoms with Crippen LogP contribution in [0.15, 0.2) is 24.3 Å². The number of nitrogens with zero attached hydrogens (tertiary/aromatic N) is 2. The molecule has 3 atom stereocenters. The van der Waals surface area contributed by atoms with E-state index in [2.05, 4.69) is 48.1 Å². The number of thiocarbonyl (C=S) groups is 1. The van der Waals surface area contributed by atoms with Crippen molar-refractivity contribution in [2.45, 2.75) is 71.1 Å². The second-order valence-electron chi connectivity index (χ2n) is 8.43. The maximum Gasteiger partial charge on any atom is 0.241 e. The molecule has 0 aromatic heterocycles. The van der Waals surface area contributed by atoms with Crippen molar-refractivity contribution in [3.8, 4) is 0 Å². The maximum absolute atomic E-state index is 13.2. The van der Waals surface area contributed by atoms with E-state index < -0.39 is 0 Å². The summed E-state index contributed by atoms with van der Waals surface area (Å²) >= 11 is 5.58. The molecule has 0 bridgehead atoms. The molecule has 2 aliphatic rings. The Bertz CT molecular complexity index is 733. The van der Waals surface area contributed by atoms with Gasteiger partial charge in [-0.1, -0.05) is 27.2 Å². The Morgan fingerprint density at radius 1 is 1.24 bits per heavy atom. The molecule has 2 aliphatic heterocycles. The van der Waals surface area contributed by atoms with Gasteiger partial charge >= 0.3 is 0 Å². The van der Waals surface area contributed by atoms with Gasteiger partial charge in [-0.25, -0.2) is 4.39 Å². The van der Waals surface area contributed by atoms with E-state index in [0.29, 0.717) is 11.0 Å². The van der Waals surface area contributed by atoms with E-state index in [1.165, 1.54) is 12.1 Å². The fourth-order valence-electron chi connectivity index (χ4n) is 4.43. The number of anilines is 1. The number of carbonyl (C=O) groups excluding carboxylic acids is 1. The number of nitrogens with one attached hydrogen (secondary N) is 2. The minimum Gasteiger partial charge on any atom is -0.349 e. The highest BCUT2D eigenvalue weighted by Crippen LogP contribution is 2.37. The summed E-state index contributed by atoms with van der Waals surface area (Å²) in [6.07, 6.45) is 3.59. The number of hydrogen-bond donors (Lipinski definition) is 2. The fraction of sp³-hybridized carbons (Fsp3) is 0.636. The molecule has 1 amide bonds. The SMILES string of the molecule is CC[C@@H](C)N1C(=O)[C@H]([C@@H](C)CC)NC12CCN(C(=S)Nc1ccc(F)cc1)CC2. The second kappa shape index (κ2) is 8.96. The van der Waals surface area contributed by atoms with Crippen molar-refractivity contribution in [1.82, 2.24) is 15.1 Å². The van der Waals surface area contributed by atoms with Crippen LogP contribution in [-0.4, -0.2) is 51.7 Å². The van der Waals surface area contributed by atoms with Crippen molar-refractivity contribution in [2.24, 2.45) is 5.92 Å². The van der Waals surface area contributed by atoms with Gasteiger partial charge in [-0.2, -0.15) is 0 Å². The number of amides is 1. The van der Waals surface area contributed by atoms with Gasteiger partial charge in [0.2, 0.25) is 5.91 Å². The lowest BCUT2D eigenvalue weighted by Crippen LogP contribution is -2.61. The molecule has 1 spiro atoms. The molecular formula is C22H33FN4OS. The zero-order valence-corrected chi connectivity index (χ0v) is 18.7. The molecule has 2 N–H and O–H groups in total. The van der Waals surface area contributed by atoms with Gasteiger partial charge in [-0.05, 0) is 55.7 Å². The second-order valence-corrected chi connectivity index (χ2v) is 8.82. The topological polar surface area (TPSA) is 47.6 Å². The number of piperidine rings is 1. The Hall–Kier alpha value is -1.73. The molecule has 5 nitrogen and oxygen atoms in total. The number of benzene rings is 1. The molecule has 160 valence electrons. The molecule has 0 unspecified atom stereocenters. The standard InChI is InChI=1S/C22H33FN4OS/c1-5-15(3)19-20(28)27(16(4)6-2)22(25-19)11-13-26(14-12-22)21(29)24-18-9-7-17(23)8-10-18/h7-10,15-16,19,25H,5-6,11-14H2,1-4H3,(H,24,29)/t15-,16+,19-/m0/s1. The molecule has 2 heterocycles. The summed E-state index contributed by atoms with van der Waals surface area (Å²) in [4.78, 5) is 17.5. The Balaban J connectivity index is 1.69. The molecule has 0 radical (unpaired) electrons.